The molecule has 0 aliphatic rings. The molecule has 0 aliphatic heterocycles. The van der Waals surface area contributed by atoms with Crippen LogP contribution in [0.25, 0.3) is 0 Å². The second-order valence-electron chi connectivity index (χ2n) is 5.08. The summed E-state index contributed by atoms with van der Waals surface area (Å²) in [6.45, 7) is 3.36. The number of hydrogen-bond acceptors (Lipinski definition) is 5. The zero-order valence-corrected chi connectivity index (χ0v) is 13.5. The smallest absolute Gasteiger partial charge is 0.254 e. The number of ether oxygens (including phenoxy) is 1. The number of methoxy groups -OCH3 is 1. The Balaban J connectivity index is 1.83. The summed E-state index contributed by atoms with van der Waals surface area (Å²) in [5, 5.41) is 5.94. The predicted octanol–water partition coefficient (Wildman–Crippen LogP) is 2.28. The zero-order chi connectivity index (χ0) is 16.5. The molecule has 0 spiro atoms. The van der Waals surface area contributed by atoms with Crippen LogP contribution in [-0.4, -0.2) is 36.1 Å². The summed E-state index contributed by atoms with van der Waals surface area (Å²) in [5.41, 5.74) is 1.64. The molecule has 6 nitrogen and oxygen atoms in total. The Morgan fingerprint density at radius 3 is 2.70 bits per heavy atom. The Kier molecular flexibility index (Phi) is 6.35. The zero-order valence-electron chi connectivity index (χ0n) is 13.5. The summed E-state index contributed by atoms with van der Waals surface area (Å²) in [6, 6.07) is 7.94. The van der Waals surface area contributed by atoms with E-state index in [1.807, 2.05) is 31.2 Å². The fourth-order valence-corrected chi connectivity index (χ4v) is 2.02. The van der Waals surface area contributed by atoms with Gasteiger partial charge >= 0.3 is 0 Å². The van der Waals surface area contributed by atoms with Gasteiger partial charge in [0.25, 0.3) is 5.91 Å². The molecule has 2 N–H and O–H groups in total. The molecule has 122 valence electrons. The third kappa shape index (κ3) is 5.25. The van der Waals surface area contributed by atoms with Gasteiger partial charge in [-0.05, 0) is 30.5 Å². The summed E-state index contributed by atoms with van der Waals surface area (Å²) in [5.74, 6) is 1.22. The molecular formula is C17H22N4O2. The summed E-state index contributed by atoms with van der Waals surface area (Å²) < 4.78 is 5.20. The molecule has 0 radical (unpaired) electrons. The van der Waals surface area contributed by atoms with E-state index in [0.29, 0.717) is 24.6 Å². The largest absolute Gasteiger partial charge is 0.497 e. The number of carbonyl (C=O) groups is 1. The van der Waals surface area contributed by atoms with E-state index in [1.165, 1.54) is 18.0 Å². The van der Waals surface area contributed by atoms with Crippen molar-refractivity contribution in [3.63, 3.8) is 0 Å². The number of anilines is 1. The number of amides is 1. The summed E-state index contributed by atoms with van der Waals surface area (Å²) in [6.07, 6.45) is 4.80. The molecule has 0 bridgehead atoms. The first-order chi connectivity index (χ1) is 11.2. The first-order valence-corrected chi connectivity index (χ1v) is 7.70. The molecular weight excluding hydrogens is 292 g/mol. The van der Waals surface area contributed by atoms with Gasteiger partial charge in [-0.3, -0.25) is 4.79 Å². The summed E-state index contributed by atoms with van der Waals surface area (Å²) in [7, 11) is 1.66. The van der Waals surface area contributed by atoms with Crippen LogP contribution in [0.2, 0.25) is 0 Å². The van der Waals surface area contributed by atoms with Crippen molar-refractivity contribution in [2.75, 3.05) is 25.5 Å². The standard InChI is InChI=1S/C17H22N4O2/c1-3-8-18-16(22)14-11-20-17(21-12-14)19-9-7-13-5-4-6-15(10-13)23-2/h4-6,10-12H,3,7-9H2,1-2H3,(H,18,22)(H,19,20,21). The van der Waals surface area contributed by atoms with Gasteiger partial charge in [0.15, 0.2) is 0 Å². The predicted molar refractivity (Wildman–Crippen MR) is 89.8 cm³/mol. The number of nitrogens with one attached hydrogen (secondary N) is 2. The topological polar surface area (TPSA) is 76.1 Å². The SMILES string of the molecule is CCCNC(=O)c1cnc(NCCc2cccc(OC)c2)nc1. The molecule has 2 aromatic rings. The first-order valence-electron chi connectivity index (χ1n) is 7.70. The Morgan fingerprint density at radius 1 is 1.22 bits per heavy atom. The average molecular weight is 314 g/mol. The Morgan fingerprint density at radius 2 is 2.00 bits per heavy atom. The second kappa shape index (κ2) is 8.73. The van der Waals surface area contributed by atoms with Crippen molar-refractivity contribution in [3.05, 3.63) is 47.8 Å². The lowest BCUT2D eigenvalue weighted by molar-refractivity contribution is 0.0953. The van der Waals surface area contributed by atoms with Gasteiger partial charge in [0.1, 0.15) is 5.75 Å². The van der Waals surface area contributed by atoms with E-state index in [-0.39, 0.29) is 5.91 Å². The molecule has 1 heterocycles. The maximum Gasteiger partial charge on any atom is 0.254 e. The molecule has 2 rings (SSSR count). The number of aromatic nitrogens is 2. The molecule has 0 fully saturated rings. The van der Waals surface area contributed by atoms with Crippen LogP contribution in [0.15, 0.2) is 36.7 Å². The van der Waals surface area contributed by atoms with Crippen LogP contribution in [0.5, 0.6) is 5.75 Å². The van der Waals surface area contributed by atoms with Gasteiger partial charge in [0, 0.05) is 25.5 Å². The Labute approximate surface area is 136 Å². The minimum Gasteiger partial charge on any atom is -0.497 e. The average Bonchev–Trinajstić information content (AvgIpc) is 2.60. The number of carbonyl (C=O) groups excluding carboxylic acids is 1. The molecule has 1 aromatic heterocycles. The highest BCUT2D eigenvalue weighted by Gasteiger charge is 2.06. The van der Waals surface area contributed by atoms with Crippen LogP contribution in [0.3, 0.4) is 0 Å². The third-order valence-electron chi connectivity index (χ3n) is 3.28. The highest BCUT2D eigenvalue weighted by atomic mass is 16.5. The van der Waals surface area contributed by atoms with Gasteiger partial charge in [-0.2, -0.15) is 0 Å². The molecule has 1 amide bonds. The van der Waals surface area contributed by atoms with Crippen LogP contribution in [0.4, 0.5) is 5.95 Å². The molecule has 0 saturated carbocycles. The van der Waals surface area contributed by atoms with Crippen LogP contribution in [0, 0.1) is 0 Å². The molecule has 0 atom stereocenters. The van der Waals surface area contributed by atoms with E-state index in [1.54, 1.807) is 7.11 Å². The third-order valence-corrected chi connectivity index (χ3v) is 3.28. The fraction of sp³-hybridized carbons (Fsp3) is 0.353. The van der Waals surface area contributed by atoms with E-state index in [0.717, 1.165) is 18.6 Å². The van der Waals surface area contributed by atoms with Gasteiger partial charge in [0.05, 0.1) is 12.7 Å². The molecule has 6 heteroatoms. The van der Waals surface area contributed by atoms with Crippen LogP contribution < -0.4 is 15.4 Å². The molecule has 0 unspecified atom stereocenters. The van der Waals surface area contributed by atoms with Gasteiger partial charge in [-0.1, -0.05) is 19.1 Å². The number of nitrogens with zero attached hydrogens (tertiary/aromatic N) is 2. The lowest BCUT2D eigenvalue weighted by atomic mass is 10.1. The maximum atomic E-state index is 11.8. The monoisotopic (exact) mass is 314 g/mol. The second-order valence-corrected chi connectivity index (χ2v) is 5.08. The van der Waals surface area contributed by atoms with Crippen molar-refractivity contribution >= 4 is 11.9 Å². The molecule has 0 saturated heterocycles. The van der Waals surface area contributed by atoms with Gasteiger partial charge in [-0.15, -0.1) is 0 Å². The summed E-state index contributed by atoms with van der Waals surface area (Å²) in [4.78, 5) is 20.1. The van der Waals surface area contributed by atoms with Crippen molar-refractivity contribution in [1.82, 2.24) is 15.3 Å². The van der Waals surface area contributed by atoms with Crippen LogP contribution in [-0.2, 0) is 6.42 Å². The van der Waals surface area contributed by atoms with E-state index < -0.39 is 0 Å². The number of benzene rings is 1. The summed E-state index contributed by atoms with van der Waals surface area (Å²) >= 11 is 0. The van der Waals surface area contributed by atoms with Crippen LogP contribution in [0.1, 0.15) is 29.3 Å². The van der Waals surface area contributed by atoms with Crippen LogP contribution >= 0.6 is 0 Å². The normalized spacial score (nSPS) is 10.2. The van der Waals surface area contributed by atoms with E-state index >= 15 is 0 Å². The van der Waals surface area contributed by atoms with Gasteiger partial charge < -0.3 is 15.4 Å². The van der Waals surface area contributed by atoms with Crippen molar-refractivity contribution in [2.45, 2.75) is 19.8 Å². The fourth-order valence-electron chi connectivity index (χ4n) is 2.02. The lowest BCUT2D eigenvalue weighted by Gasteiger charge is -2.07. The molecule has 23 heavy (non-hydrogen) atoms. The van der Waals surface area contributed by atoms with Crippen molar-refractivity contribution in [3.8, 4) is 5.75 Å². The lowest BCUT2D eigenvalue weighted by Crippen LogP contribution is -2.24. The van der Waals surface area contributed by atoms with E-state index in [9.17, 15) is 4.79 Å². The van der Waals surface area contributed by atoms with Crippen molar-refractivity contribution in [1.29, 1.82) is 0 Å². The highest BCUT2D eigenvalue weighted by Crippen LogP contribution is 2.13. The highest BCUT2D eigenvalue weighted by molar-refractivity contribution is 5.93. The van der Waals surface area contributed by atoms with Crippen molar-refractivity contribution in [2.24, 2.45) is 0 Å². The van der Waals surface area contributed by atoms with Gasteiger partial charge in [-0.25, -0.2) is 9.97 Å². The Bertz CT molecular complexity index is 629. The minimum atomic E-state index is -0.144. The minimum absolute atomic E-state index is 0.144. The van der Waals surface area contributed by atoms with E-state index in [4.69, 9.17) is 4.74 Å². The maximum absolute atomic E-state index is 11.8. The quantitative estimate of drug-likeness (QED) is 0.782. The van der Waals surface area contributed by atoms with E-state index in [2.05, 4.69) is 20.6 Å². The number of rotatable bonds is 8. The van der Waals surface area contributed by atoms with Gasteiger partial charge in [0.2, 0.25) is 5.95 Å². The van der Waals surface area contributed by atoms with Crippen molar-refractivity contribution < 1.29 is 9.53 Å². The Hall–Kier alpha value is -2.63. The first kappa shape index (κ1) is 16.7. The number of hydrogen-bond donors (Lipinski definition) is 2. The molecule has 0 aliphatic carbocycles. The molecule has 1 aromatic carbocycles.